The topological polar surface area (TPSA) is 64.6 Å². The highest BCUT2D eigenvalue weighted by molar-refractivity contribution is 6.31. The quantitative estimate of drug-likeness (QED) is 0.414. The van der Waals surface area contributed by atoms with Crippen LogP contribution >= 0.6 is 11.6 Å². The molecule has 5 rings (SSSR count). The number of hydrogen-bond donors (Lipinski definition) is 1. The highest BCUT2D eigenvalue weighted by Crippen LogP contribution is 2.40. The second kappa shape index (κ2) is 8.57. The molecule has 2 aliphatic rings. The maximum Gasteiger partial charge on any atom is 0.433 e. The molecule has 35 heavy (non-hydrogen) atoms. The van der Waals surface area contributed by atoms with Gasteiger partial charge in [-0.05, 0) is 36.6 Å². The first kappa shape index (κ1) is 23.7. The van der Waals surface area contributed by atoms with Crippen LogP contribution in [0.15, 0.2) is 41.5 Å². The van der Waals surface area contributed by atoms with Crippen molar-refractivity contribution >= 4 is 40.2 Å². The number of pyridine rings is 2. The number of fused-ring (bicyclic) bond motifs is 1. The summed E-state index contributed by atoms with van der Waals surface area (Å²) in [5.41, 5.74) is 1.07. The van der Waals surface area contributed by atoms with E-state index in [1.54, 1.807) is 30.1 Å². The summed E-state index contributed by atoms with van der Waals surface area (Å²) in [6, 6.07) is 7.54. The van der Waals surface area contributed by atoms with Crippen molar-refractivity contribution in [1.82, 2.24) is 9.97 Å². The fourth-order valence-electron chi connectivity index (χ4n) is 4.77. The summed E-state index contributed by atoms with van der Waals surface area (Å²) >= 11 is 6.52. The maximum absolute atomic E-state index is 13.2. The van der Waals surface area contributed by atoms with Gasteiger partial charge in [-0.2, -0.15) is 13.2 Å². The molecule has 4 heterocycles. The molecule has 1 fully saturated rings. The van der Waals surface area contributed by atoms with Gasteiger partial charge in [0, 0.05) is 35.8 Å². The van der Waals surface area contributed by atoms with Gasteiger partial charge in [0.15, 0.2) is 17.9 Å². The highest BCUT2D eigenvalue weighted by atomic mass is 35.5. The number of alkyl halides is 3. The number of rotatable bonds is 5. The summed E-state index contributed by atoms with van der Waals surface area (Å²) < 4.78 is 41.2. The lowest BCUT2D eigenvalue weighted by atomic mass is 9.81. The minimum atomic E-state index is -4.58. The van der Waals surface area contributed by atoms with Gasteiger partial charge in [0.2, 0.25) is 0 Å². The van der Waals surface area contributed by atoms with Crippen molar-refractivity contribution in [2.45, 2.75) is 31.5 Å². The number of anilines is 1. The maximum atomic E-state index is 13.2. The Balaban J connectivity index is 1.74. The summed E-state index contributed by atoms with van der Waals surface area (Å²) in [5, 5.41) is 13.5. The molecule has 0 spiro atoms. The lowest BCUT2D eigenvalue weighted by molar-refractivity contribution is -0.363. The number of nitrogens with zero attached hydrogens (tertiary/aromatic N) is 5. The van der Waals surface area contributed by atoms with Gasteiger partial charge in [-0.3, -0.25) is 4.98 Å². The molecule has 6 nitrogen and oxygen atoms in total. The molecule has 10 heteroatoms. The molecule has 1 atom stereocenters. The Kier molecular flexibility index (Phi) is 5.80. The van der Waals surface area contributed by atoms with Crippen LogP contribution < -0.4 is 4.90 Å². The van der Waals surface area contributed by atoms with Gasteiger partial charge in [-0.15, -0.1) is 0 Å². The monoisotopic (exact) mass is 502 g/mol. The Bertz CT molecular complexity index is 1370. The average Bonchev–Trinajstić information content (AvgIpc) is 3.23. The van der Waals surface area contributed by atoms with Crippen molar-refractivity contribution in [2.75, 3.05) is 31.6 Å². The van der Waals surface area contributed by atoms with Gasteiger partial charge in [0.05, 0.1) is 18.3 Å². The fourth-order valence-corrected chi connectivity index (χ4v) is 5.09. The standard InChI is InChI=1S/C25H24ClF3N5O/c1-3-17-22(34-9-4-10-34)18-11-15(5-7-19(18)32-23(17)26)24(35,21-13-30-14-33(21)2)16-6-8-20(31-12-16)25(27,28)29/h5-8,11-12,14,35H,3-4,9-10,13H2,1-2H3/q+1. The van der Waals surface area contributed by atoms with Crippen molar-refractivity contribution in [2.24, 2.45) is 4.99 Å². The molecule has 1 saturated heterocycles. The van der Waals surface area contributed by atoms with Crippen LogP contribution in [0.5, 0.6) is 0 Å². The van der Waals surface area contributed by atoms with E-state index in [-0.39, 0.29) is 12.1 Å². The molecular weight excluding hydrogens is 479 g/mol. The average molecular weight is 503 g/mol. The van der Waals surface area contributed by atoms with E-state index >= 15 is 0 Å². The van der Waals surface area contributed by atoms with Crippen molar-refractivity contribution in [1.29, 1.82) is 0 Å². The number of aliphatic imine (C=N–C) groups is 1. The molecule has 0 aliphatic carbocycles. The third-order valence-corrected chi connectivity index (χ3v) is 7.07. The number of benzene rings is 1. The first-order valence-electron chi connectivity index (χ1n) is 11.4. The van der Waals surface area contributed by atoms with Gasteiger partial charge in [0.1, 0.15) is 10.8 Å². The Morgan fingerprint density at radius 1 is 1.14 bits per heavy atom. The third kappa shape index (κ3) is 3.87. The third-order valence-electron chi connectivity index (χ3n) is 6.76. The number of aliphatic hydroxyl groups is 1. The van der Waals surface area contributed by atoms with Crippen LogP contribution in [0.1, 0.15) is 35.7 Å². The Hall–Kier alpha value is -3.04. The summed E-state index contributed by atoms with van der Waals surface area (Å²) in [6.45, 7) is 4.01. The Morgan fingerprint density at radius 2 is 1.89 bits per heavy atom. The van der Waals surface area contributed by atoms with Crippen LogP contribution in [0.2, 0.25) is 5.15 Å². The SMILES string of the molecule is CCc1c(Cl)nc2ccc(C(O)(C3=[N+](C)C=NC3)c3ccc(C(F)(F)F)nc3)cc2c1N1CCC1. The fraction of sp³-hybridized carbons (Fsp3) is 0.360. The van der Waals surface area contributed by atoms with E-state index in [1.165, 1.54) is 6.07 Å². The summed E-state index contributed by atoms with van der Waals surface area (Å²) in [7, 11) is 1.75. The largest absolute Gasteiger partial charge is 0.433 e. The van der Waals surface area contributed by atoms with Gasteiger partial charge in [-0.1, -0.05) is 35.6 Å². The van der Waals surface area contributed by atoms with Crippen LogP contribution in [0.3, 0.4) is 0 Å². The highest BCUT2D eigenvalue weighted by Gasteiger charge is 2.44. The van der Waals surface area contributed by atoms with E-state index in [0.29, 0.717) is 28.4 Å². The van der Waals surface area contributed by atoms with E-state index in [4.69, 9.17) is 11.6 Å². The molecule has 3 aromatic rings. The summed E-state index contributed by atoms with van der Waals surface area (Å²) in [6.07, 6.45) is -0.140. The number of hydrogen-bond acceptors (Lipinski definition) is 5. The molecule has 2 aromatic heterocycles. The van der Waals surface area contributed by atoms with E-state index < -0.39 is 17.5 Å². The molecule has 1 unspecified atom stereocenters. The van der Waals surface area contributed by atoms with E-state index in [1.807, 2.05) is 13.0 Å². The van der Waals surface area contributed by atoms with Crippen LogP contribution in [0.4, 0.5) is 18.9 Å². The van der Waals surface area contributed by atoms with Crippen LogP contribution in [0, 0.1) is 0 Å². The smallest absolute Gasteiger partial charge is 0.373 e. The van der Waals surface area contributed by atoms with Crippen molar-refractivity contribution in [3.63, 3.8) is 0 Å². The first-order chi connectivity index (χ1) is 16.6. The van der Waals surface area contributed by atoms with E-state index in [2.05, 4.69) is 19.9 Å². The van der Waals surface area contributed by atoms with Gasteiger partial charge >= 0.3 is 6.18 Å². The minimum absolute atomic E-state index is 0.199. The zero-order valence-corrected chi connectivity index (χ0v) is 20.0. The van der Waals surface area contributed by atoms with Crippen LogP contribution in [-0.2, 0) is 18.2 Å². The van der Waals surface area contributed by atoms with Crippen molar-refractivity contribution in [3.05, 3.63) is 64.1 Å². The molecular formula is C25H24ClF3N5O+. The molecule has 0 amide bonds. The van der Waals surface area contributed by atoms with Crippen LogP contribution in [-0.4, -0.2) is 58.4 Å². The van der Waals surface area contributed by atoms with Crippen molar-refractivity contribution in [3.8, 4) is 0 Å². The number of halogens is 4. The molecule has 0 radical (unpaired) electrons. The summed E-state index contributed by atoms with van der Waals surface area (Å²) in [5.74, 6) is 0. The first-order valence-corrected chi connectivity index (χ1v) is 11.7. The lowest BCUT2D eigenvalue weighted by Crippen LogP contribution is -2.42. The summed E-state index contributed by atoms with van der Waals surface area (Å²) in [4.78, 5) is 14.7. The molecule has 1 N–H and O–H groups in total. The molecule has 0 saturated carbocycles. The number of aromatic nitrogens is 2. The van der Waals surface area contributed by atoms with Crippen LogP contribution in [0.25, 0.3) is 10.9 Å². The zero-order chi connectivity index (χ0) is 25.0. The molecule has 0 bridgehead atoms. The van der Waals surface area contributed by atoms with Crippen molar-refractivity contribution < 1.29 is 22.9 Å². The molecule has 1 aromatic carbocycles. The second-order valence-electron chi connectivity index (χ2n) is 8.81. The molecule has 182 valence electrons. The van der Waals surface area contributed by atoms with Gasteiger partial charge < -0.3 is 10.0 Å². The second-order valence-corrected chi connectivity index (χ2v) is 9.17. The van der Waals surface area contributed by atoms with E-state index in [9.17, 15) is 18.3 Å². The Labute approximate surface area is 205 Å². The predicted molar refractivity (Wildman–Crippen MR) is 130 cm³/mol. The minimum Gasteiger partial charge on any atom is -0.373 e. The predicted octanol–water partition coefficient (Wildman–Crippen LogP) is 4.44. The lowest BCUT2D eigenvalue weighted by Gasteiger charge is -2.36. The Morgan fingerprint density at radius 3 is 2.43 bits per heavy atom. The van der Waals surface area contributed by atoms with E-state index in [0.717, 1.165) is 48.4 Å². The normalized spacial score (nSPS) is 17.7. The molecule has 2 aliphatic heterocycles. The zero-order valence-electron chi connectivity index (χ0n) is 19.3. The van der Waals surface area contributed by atoms with Gasteiger partial charge in [0.25, 0.3) is 6.34 Å². The van der Waals surface area contributed by atoms with Gasteiger partial charge in [-0.25, -0.2) is 9.56 Å².